The molecular weight excluding hydrogens is 386 g/mol. The van der Waals surface area contributed by atoms with Crippen LogP contribution in [0.15, 0.2) is 34.7 Å². The first-order chi connectivity index (χ1) is 13.4. The molecule has 0 aliphatic carbocycles. The van der Waals surface area contributed by atoms with Gasteiger partial charge < -0.3 is 19.4 Å². The first-order valence-electron chi connectivity index (χ1n) is 9.04. The second-order valence-corrected chi connectivity index (χ2v) is 7.84. The number of carbonyl (C=O) groups is 2. The lowest BCUT2D eigenvalue weighted by Gasteiger charge is -2.34. The van der Waals surface area contributed by atoms with Gasteiger partial charge in [0.1, 0.15) is 16.9 Å². The van der Waals surface area contributed by atoms with E-state index in [4.69, 9.17) is 20.8 Å². The average Bonchev–Trinajstić information content (AvgIpc) is 3.27. The number of rotatable bonds is 5. The highest BCUT2D eigenvalue weighted by molar-refractivity contribution is 6.33. The Hall–Kier alpha value is -2.35. The van der Waals surface area contributed by atoms with Gasteiger partial charge >= 0.3 is 11.9 Å². The molecule has 0 saturated carbocycles. The zero-order chi connectivity index (χ0) is 19.9. The van der Waals surface area contributed by atoms with Gasteiger partial charge in [-0.15, -0.1) is 0 Å². The molecule has 2 aliphatic rings. The minimum atomic E-state index is -1.10. The molecule has 1 aromatic heterocycles. The summed E-state index contributed by atoms with van der Waals surface area (Å²) >= 11 is 5.92. The number of aliphatic carboxylic acids is 1. The number of ether oxygens (including phenoxy) is 1. The van der Waals surface area contributed by atoms with E-state index in [2.05, 4.69) is 4.90 Å². The van der Waals surface area contributed by atoms with Gasteiger partial charge in [-0.2, -0.15) is 0 Å². The highest BCUT2D eigenvalue weighted by Crippen LogP contribution is 2.42. The molecule has 0 unspecified atom stereocenters. The minimum absolute atomic E-state index is 0.0177. The van der Waals surface area contributed by atoms with Crippen molar-refractivity contribution in [2.75, 3.05) is 26.3 Å². The summed E-state index contributed by atoms with van der Waals surface area (Å²) < 4.78 is 11.4. The maximum absolute atomic E-state index is 11.9. The van der Waals surface area contributed by atoms with Crippen molar-refractivity contribution in [2.45, 2.75) is 13.0 Å². The predicted molar refractivity (Wildman–Crippen MR) is 100 cm³/mol. The van der Waals surface area contributed by atoms with E-state index in [1.54, 1.807) is 12.1 Å². The topological polar surface area (TPSA) is 100 Å². The summed E-state index contributed by atoms with van der Waals surface area (Å²) in [6, 6.07) is 8.33. The van der Waals surface area contributed by atoms with Crippen LogP contribution in [0.2, 0.25) is 5.02 Å². The summed E-state index contributed by atoms with van der Waals surface area (Å²) in [6.07, 6.45) is 0.745. The van der Waals surface area contributed by atoms with Gasteiger partial charge in [0, 0.05) is 25.3 Å². The van der Waals surface area contributed by atoms with Gasteiger partial charge in [0.15, 0.2) is 0 Å². The molecule has 1 aromatic carbocycles. The Morgan fingerprint density at radius 3 is 2.79 bits per heavy atom. The maximum Gasteiger partial charge on any atom is 0.337 e. The van der Waals surface area contributed by atoms with Crippen molar-refractivity contribution in [2.24, 2.45) is 11.3 Å². The number of fused-ring (bicyclic) bond motifs is 1. The third-order valence-electron chi connectivity index (χ3n) is 5.68. The quantitative estimate of drug-likeness (QED) is 0.787. The van der Waals surface area contributed by atoms with Crippen LogP contribution in [0, 0.1) is 11.3 Å². The monoisotopic (exact) mass is 405 g/mol. The van der Waals surface area contributed by atoms with E-state index in [9.17, 15) is 19.8 Å². The molecule has 0 spiro atoms. The lowest BCUT2D eigenvalue weighted by atomic mass is 9.76. The number of nitrogens with zero attached hydrogens (tertiary/aromatic N) is 1. The van der Waals surface area contributed by atoms with E-state index in [1.165, 1.54) is 12.1 Å². The molecule has 2 fully saturated rings. The van der Waals surface area contributed by atoms with Crippen molar-refractivity contribution in [1.29, 1.82) is 0 Å². The van der Waals surface area contributed by atoms with Gasteiger partial charge in [-0.3, -0.25) is 9.69 Å². The Morgan fingerprint density at radius 2 is 2.07 bits per heavy atom. The fourth-order valence-corrected chi connectivity index (χ4v) is 4.39. The van der Waals surface area contributed by atoms with Crippen molar-refractivity contribution in [1.82, 2.24) is 4.90 Å². The first kappa shape index (κ1) is 19.0. The number of likely N-dealkylation sites (tertiary alicyclic amines) is 1. The minimum Gasteiger partial charge on any atom is -0.481 e. The lowest BCUT2D eigenvalue weighted by molar-refractivity contribution is -0.159. The second-order valence-electron chi connectivity index (χ2n) is 7.43. The van der Waals surface area contributed by atoms with E-state index in [0.717, 1.165) is 6.42 Å². The van der Waals surface area contributed by atoms with Gasteiger partial charge in [-0.1, -0.05) is 11.6 Å². The molecule has 2 aliphatic heterocycles. The fourth-order valence-electron chi connectivity index (χ4n) is 4.20. The summed E-state index contributed by atoms with van der Waals surface area (Å²) in [5.41, 5.74) is -0.206. The summed E-state index contributed by atoms with van der Waals surface area (Å²) in [5.74, 6) is -0.590. The van der Waals surface area contributed by atoms with E-state index < -0.39 is 17.4 Å². The molecule has 2 aromatic rings. The second kappa shape index (κ2) is 7.24. The number of hydrogen-bond donors (Lipinski definition) is 2. The van der Waals surface area contributed by atoms with Crippen molar-refractivity contribution in [3.8, 4) is 11.3 Å². The predicted octanol–water partition coefficient (Wildman–Crippen LogP) is 3.22. The van der Waals surface area contributed by atoms with Crippen LogP contribution in [-0.4, -0.2) is 53.4 Å². The molecule has 2 N–H and O–H groups in total. The van der Waals surface area contributed by atoms with E-state index in [0.29, 0.717) is 43.3 Å². The standard InChI is InChI=1S/C20H20ClNO6/c21-16-3-1-12(7-15(16)18(23)24)17-4-2-14(28-17)9-22-8-13-5-6-27-11-20(13,10-22)19(25)26/h1-4,7,13H,5-6,8-11H2,(H,23,24)(H,25,26)/t13-,20+/m0/s1. The number of halogens is 1. The Kier molecular flexibility index (Phi) is 4.91. The lowest BCUT2D eigenvalue weighted by Crippen LogP contribution is -2.46. The van der Waals surface area contributed by atoms with Gasteiger partial charge in [0.05, 0.1) is 23.7 Å². The number of hydrogen-bond acceptors (Lipinski definition) is 5. The number of carboxylic acid groups (broad SMARTS) is 2. The molecule has 8 heteroatoms. The SMILES string of the molecule is O=C(O)c1cc(-c2ccc(CN3C[C@@H]4CCOC[C@]4(C(=O)O)C3)o2)ccc1Cl. The van der Waals surface area contributed by atoms with Gasteiger partial charge in [0.2, 0.25) is 0 Å². The summed E-state index contributed by atoms with van der Waals surface area (Å²) in [6.45, 7) is 2.45. The van der Waals surface area contributed by atoms with E-state index in [1.807, 2.05) is 6.07 Å². The Balaban J connectivity index is 1.51. The molecule has 0 bridgehead atoms. The van der Waals surface area contributed by atoms with Crippen LogP contribution in [0.3, 0.4) is 0 Å². The molecule has 3 heterocycles. The summed E-state index contributed by atoms with van der Waals surface area (Å²) in [4.78, 5) is 25.2. The Labute approximate surface area is 166 Å². The van der Waals surface area contributed by atoms with Crippen molar-refractivity contribution < 1.29 is 29.0 Å². The number of benzene rings is 1. The summed E-state index contributed by atoms with van der Waals surface area (Å²) in [5, 5.41) is 19.1. The van der Waals surface area contributed by atoms with Crippen LogP contribution < -0.4 is 0 Å². The molecule has 4 rings (SSSR count). The third kappa shape index (κ3) is 3.30. The maximum atomic E-state index is 11.9. The van der Waals surface area contributed by atoms with E-state index >= 15 is 0 Å². The molecule has 2 atom stereocenters. The largest absolute Gasteiger partial charge is 0.481 e. The Bertz CT molecular complexity index is 925. The highest BCUT2D eigenvalue weighted by atomic mass is 35.5. The average molecular weight is 406 g/mol. The normalized spacial score (nSPS) is 24.8. The molecule has 0 radical (unpaired) electrons. The molecule has 2 saturated heterocycles. The van der Waals surface area contributed by atoms with Crippen LogP contribution in [-0.2, 0) is 16.1 Å². The van der Waals surface area contributed by atoms with Gasteiger partial charge in [0.25, 0.3) is 0 Å². The van der Waals surface area contributed by atoms with Crippen LogP contribution in [0.25, 0.3) is 11.3 Å². The zero-order valence-corrected chi connectivity index (χ0v) is 15.8. The van der Waals surface area contributed by atoms with Crippen LogP contribution in [0.4, 0.5) is 0 Å². The molecule has 0 amide bonds. The molecule has 148 valence electrons. The highest BCUT2D eigenvalue weighted by Gasteiger charge is 2.54. The van der Waals surface area contributed by atoms with Crippen molar-refractivity contribution in [3.05, 3.63) is 46.7 Å². The van der Waals surface area contributed by atoms with Crippen LogP contribution in [0.1, 0.15) is 22.5 Å². The smallest absolute Gasteiger partial charge is 0.337 e. The van der Waals surface area contributed by atoms with Crippen LogP contribution >= 0.6 is 11.6 Å². The first-order valence-corrected chi connectivity index (χ1v) is 9.42. The van der Waals surface area contributed by atoms with Gasteiger partial charge in [-0.25, -0.2) is 4.79 Å². The van der Waals surface area contributed by atoms with Gasteiger partial charge in [-0.05, 0) is 42.7 Å². The molecule has 7 nitrogen and oxygen atoms in total. The number of aromatic carboxylic acids is 1. The number of furan rings is 1. The zero-order valence-electron chi connectivity index (χ0n) is 15.1. The summed E-state index contributed by atoms with van der Waals surface area (Å²) in [7, 11) is 0. The molecule has 28 heavy (non-hydrogen) atoms. The fraction of sp³-hybridized carbons (Fsp3) is 0.400. The molecular formula is C20H20ClNO6. The van der Waals surface area contributed by atoms with Crippen molar-refractivity contribution in [3.63, 3.8) is 0 Å². The van der Waals surface area contributed by atoms with E-state index in [-0.39, 0.29) is 23.1 Å². The van der Waals surface area contributed by atoms with Crippen LogP contribution in [0.5, 0.6) is 0 Å². The number of carboxylic acids is 2. The Morgan fingerprint density at radius 1 is 1.25 bits per heavy atom. The third-order valence-corrected chi connectivity index (χ3v) is 6.01. The van der Waals surface area contributed by atoms with Crippen molar-refractivity contribution >= 4 is 23.5 Å².